The molecule has 0 radical (unpaired) electrons. The Morgan fingerprint density at radius 2 is 1.78 bits per heavy atom. The number of hydrogen-bond donors (Lipinski definition) is 1. The Morgan fingerprint density at radius 1 is 1.11 bits per heavy atom. The highest BCUT2D eigenvalue weighted by molar-refractivity contribution is 5.35. The molecule has 2 nitrogen and oxygen atoms in total. The van der Waals surface area contributed by atoms with Crippen LogP contribution in [0.1, 0.15) is 52.6 Å². The first kappa shape index (κ1) is 15.0. The van der Waals surface area contributed by atoms with E-state index in [0.29, 0.717) is 18.0 Å². The zero-order valence-electron chi connectivity index (χ0n) is 12.4. The maximum atomic E-state index is 5.89. The minimum atomic E-state index is 0.323. The fraction of sp³-hybridized carbons (Fsp3) is 0.625. The van der Waals surface area contributed by atoms with Crippen LogP contribution in [0.4, 0.5) is 0 Å². The lowest BCUT2D eigenvalue weighted by molar-refractivity contribution is 0.265. The SMILES string of the molecule is CC[C@@H](C)N[C@H](C)c1ccccc1OCC(C)C. The molecule has 0 aromatic heterocycles. The lowest BCUT2D eigenvalue weighted by Crippen LogP contribution is -2.28. The second-order valence-corrected chi connectivity index (χ2v) is 5.44. The number of hydrogen-bond acceptors (Lipinski definition) is 2. The molecular formula is C16H27NO. The van der Waals surface area contributed by atoms with E-state index in [1.807, 2.05) is 6.07 Å². The second kappa shape index (κ2) is 7.42. The van der Waals surface area contributed by atoms with Crippen LogP contribution >= 0.6 is 0 Å². The number of rotatable bonds is 7. The molecule has 0 saturated heterocycles. The van der Waals surface area contributed by atoms with Gasteiger partial charge in [-0.2, -0.15) is 0 Å². The van der Waals surface area contributed by atoms with E-state index >= 15 is 0 Å². The summed E-state index contributed by atoms with van der Waals surface area (Å²) in [6, 6.07) is 9.17. The Labute approximate surface area is 112 Å². The second-order valence-electron chi connectivity index (χ2n) is 5.44. The van der Waals surface area contributed by atoms with Gasteiger partial charge in [0, 0.05) is 17.6 Å². The standard InChI is InChI=1S/C16H27NO/c1-6-13(4)17-14(5)15-9-7-8-10-16(15)18-11-12(2)3/h7-10,12-14,17H,6,11H2,1-5H3/t13-,14-/m1/s1. The molecule has 102 valence electrons. The molecule has 0 bridgehead atoms. The van der Waals surface area contributed by atoms with Gasteiger partial charge in [-0.15, -0.1) is 0 Å². The Hall–Kier alpha value is -1.02. The average molecular weight is 249 g/mol. The molecule has 1 aromatic rings. The van der Waals surface area contributed by atoms with Gasteiger partial charge in [0.05, 0.1) is 6.61 Å². The highest BCUT2D eigenvalue weighted by Crippen LogP contribution is 2.25. The number of benzene rings is 1. The quantitative estimate of drug-likeness (QED) is 0.783. The smallest absolute Gasteiger partial charge is 0.124 e. The normalized spacial score (nSPS) is 14.6. The van der Waals surface area contributed by atoms with Gasteiger partial charge in [-0.3, -0.25) is 0 Å². The van der Waals surface area contributed by atoms with E-state index in [-0.39, 0.29) is 0 Å². The van der Waals surface area contributed by atoms with Crippen molar-refractivity contribution >= 4 is 0 Å². The van der Waals surface area contributed by atoms with E-state index in [9.17, 15) is 0 Å². The number of nitrogens with one attached hydrogen (secondary N) is 1. The molecule has 2 heteroatoms. The van der Waals surface area contributed by atoms with Crippen molar-refractivity contribution in [2.45, 2.75) is 53.1 Å². The van der Waals surface area contributed by atoms with Gasteiger partial charge in [0.1, 0.15) is 5.75 Å². The third kappa shape index (κ3) is 4.69. The number of ether oxygens (including phenoxy) is 1. The van der Waals surface area contributed by atoms with E-state index in [2.05, 4.69) is 58.1 Å². The summed E-state index contributed by atoms with van der Waals surface area (Å²) in [6.07, 6.45) is 1.14. The van der Waals surface area contributed by atoms with Gasteiger partial charge in [-0.25, -0.2) is 0 Å². The third-order valence-electron chi connectivity index (χ3n) is 3.10. The molecule has 0 saturated carbocycles. The van der Waals surface area contributed by atoms with E-state index < -0.39 is 0 Å². The molecule has 0 aliphatic heterocycles. The molecule has 0 amide bonds. The zero-order chi connectivity index (χ0) is 13.5. The maximum Gasteiger partial charge on any atom is 0.124 e. The summed E-state index contributed by atoms with van der Waals surface area (Å²) in [5, 5.41) is 3.59. The van der Waals surface area contributed by atoms with Crippen molar-refractivity contribution in [2.24, 2.45) is 5.92 Å². The van der Waals surface area contributed by atoms with E-state index in [0.717, 1.165) is 18.8 Å². The van der Waals surface area contributed by atoms with Crippen LogP contribution in [0.3, 0.4) is 0 Å². The van der Waals surface area contributed by atoms with Crippen molar-refractivity contribution in [3.05, 3.63) is 29.8 Å². The highest BCUT2D eigenvalue weighted by atomic mass is 16.5. The predicted octanol–water partition coefficient (Wildman–Crippen LogP) is 4.17. The summed E-state index contributed by atoms with van der Waals surface area (Å²) in [6.45, 7) is 11.7. The first-order valence-corrected chi connectivity index (χ1v) is 7.02. The topological polar surface area (TPSA) is 21.3 Å². The van der Waals surface area contributed by atoms with Gasteiger partial charge >= 0.3 is 0 Å². The zero-order valence-corrected chi connectivity index (χ0v) is 12.4. The Morgan fingerprint density at radius 3 is 2.39 bits per heavy atom. The summed E-state index contributed by atoms with van der Waals surface area (Å²) in [7, 11) is 0. The maximum absolute atomic E-state index is 5.89. The monoisotopic (exact) mass is 249 g/mol. The summed E-state index contributed by atoms with van der Waals surface area (Å²) in [5.74, 6) is 1.56. The molecule has 1 rings (SSSR count). The molecule has 0 unspecified atom stereocenters. The van der Waals surface area contributed by atoms with Crippen LogP contribution in [0.2, 0.25) is 0 Å². The molecule has 2 atom stereocenters. The first-order valence-electron chi connectivity index (χ1n) is 7.02. The largest absolute Gasteiger partial charge is 0.493 e. The molecular weight excluding hydrogens is 222 g/mol. The first-order chi connectivity index (χ1) is 8.54. The molecule has 0 spiro atoms. The van der Waals surface area contributed by atoms with Crippen LogP contribution in [0.25, 0.3) is 0 Å². The van der Waals surface area contributed by atoms with Crippen molar-refractivity contribution in [3.63, 3.8) is 0 Å². The molecule has 0 heterocycles. The van der Waals surface area contributed by atoms with Crippen molar-refractivity contribution in [1.82, 2.24) is 5.32 Å². The van der Waals surface area contributed by atoms with Gasteiger partial charge in [0.15, 0.2) is 0 Å². The van der Waals surface area contributed by atoms with Crippen LogP contribution < -0.4 is 10.1 Å². The lowest BCUT2D eigenvalue weighted by atomic mass is 10.1. The van der Waals surface area contributed by atoms with Gasteiger partial charge in [0.25, 0.3) is 0 Å². The molecule has 0 fully saturated rings. The van der Waals surface area contributed by atoms with Gasteiger partial charge < -0.3 is 10.1 Å². The van der Waals surface area contributed by atoms with Gasteiger partial charge in [0.2, 0.25) is 0 Å². The predicted molar refractivity (Wildman–Crippen MR) is 78.1 cm³/mol. The average Bonchev–Trinajstić information content (AvgIpc) is 2.36. The summed E-state index contributed by atoms with van der Waals surface area (Å²) in [4.78, 5) is 0. The van der Waals surface area contributed by atoms with Crippen molar-refractivity contribution < 1.29 is 4.74 Å². The molecule has 18 heavy (non-hydrogen) atoms. The Balaban J connectivity index is 2.74. The Bertz CT molecular complexity index is 349. The summed E-state index contributed by atoms with van der Waals surface area (Å²) in [5.41, 5.74) is 1.25. The minimum Gasteiger partial charge on any atom is -0.493 e. The van der Waals surface area contributed by atoms with Crippen molar-refractivity contribution in [3.8, 4) is 5.75 Å². The number of para-hydroxylation sites is 1. The molecule has 1 aromatic carbocycles. The molecule has 0 aliphatic carbocycles. The molecule has 1 N–H and O–H groups in total. The van der Waals surface area contributed by atoms with E-state index in [1.54, 1.807) is 0 Å². The third-order valence-corrected chi connectivity index (χ3v) is 3.10. The van der Waals surface area contributed by atoms with Crippen LogP contribution in [0, 0.1) is 5.92 Å². The van der Waals surface area contributed by atoms with E-state index in [4.69, 9.17) is 4.74 Å². The van der Waals surface area contributed by atoms with Gasteiger partial charge in [-0.1, -0.05) is 39.0 Å². The van der Waals surface area contributed by atoms with Gasteiger partial charge in [-0.05, 0) is 32.3 Å². The van der Waals surface area contributed by atoms with Crippen molar-refractivity contribution in [1.29, 1.82) is 0 Å². The highest BCUT2D eigenvalue weighted by Gasteiger charge is 2.13. The fourth-order valence-electron chi connectivity index (χ4n) is 1.86. The van der Waals surface area contributed by atoms with Crippen molar-refractivity contribution in [2.75, 3.05) is 6.61 Å². The van der Waals surface area contributed by atoms with Crippen LogP contribution in [0.5, 0.6) is 5.75 Å². The van der Waals surface area contributed by atoms with Crippen LogP contribution in [-0.4, -0.2) is 12.6 Å². The fourth-order valence-corrected chi connectivity index (χ4v) is 1.86. The van der Waals surface area contributed by atoms with Crippen LogP contribution in [-0.2, 0) is 0 Å². The van der Waals surface area contributed by atoms with E-state index in [1.165, 1.54) is 5.56 Å². The van der Waals surface area contributed by atoms with Crippen LogP contribution in [0.15, 0.2) is 24.3 Å². The summed E-state index contributed by atoms with van der Waals surface area (Å²) < 4.78 is 5.89. The molecule has 0 aliphatic rings. The Kier molecular flexibility index (Phi) is 6.20. The summed E-state index contributed by atoms with van der Waals surface area (Å²) >= 11 is 0. The lowest BCUT2D eigenvalue weighted by Gasteiger charge is -2.22. The minimum absolute atomic E-state index is 0.323.